The van der Waals surface area contributed by atoms with E-state index in [0.717, 1.165) is 0 Å². The first-order chi connectivity index (χ1) is 12.8. The molecule has 0 spiro atoms. The third kappa shape index (κ3) is 11.9. The Labute approximate surface area is 165 Å². The predicted molar refractivity (Wildman–Crippen MR) is 117 cm³/mol. The van der Waals surface area contributed by atoms with E-state index in [1.54, 1.807) is 0 Å². The van der Waals surface area contributed by atoms with E-state index in [4.69, 9.17) is 0 Å². The van der Waals surface area contributed by atoms with Crippen LogP contribution in [0.2, 0.25) is 0 Å². The van der Waals surface area contributed by atoms with Crippen LogP contribution in [0, 0.1) is 0 Å². The fourth-order valence-electron chi connectivity index (χ4n) is 3.95. The van der Waals surface area contributed by atoms with Crippen LogP contribution < -0.4 is 0 Å². The van der Waals surface area contributed by atoms with Gasteiger partial charge < -0.3 is 9.80 Å². The quantitative estimate of drug-likeness (QED) is 0.230. The summed E-state index contributed by atoms with van der Waals surface area (Å²) < 4.78 is 0. The van der Waals surface area contributed by atoms with Crippen LogP contribution in [0.25, 0.3) is 0 Å². The molecule has 154 valence electrons. The zero-order valence-corrected chi connectivity index (χ0v) is 18.4. The molecule has 1 rings (SSSR count). The van der Waals surface area contributed by atoms with E-state index >= 15 is 0 Å². The Balaban J connectivity index is 1.70. The average Bonchev–Trinajstić information content (AvgIpc) is 2.96. The minimum atomic E-state index is 0.552. The Hall–Kier alpha value is -0.660. The topological polar surface area (TPSA) is 6.48 Å². The van der Waals surface area contributed by atoms with Gasteiger partial charge in [0, 0.05) is 26.0 Å². The first-order valence-electron chi connectivity index (χ1n) is 11.9. The lowest BCUT2D eigenvalue weighted by atomic mass is 10.0. The smallest absolute Gasteiger partial charge is 0.0974 e. The summed E-state index contributed by atoms with van der Waals surface area (Å²) in [6.45, 7) is 5.81. The van der Waals surface area contributed by atoms with Gasteiger partial charge >= 0.3 is 0 Å². The lowest BCUT2D eigenvalue weighted by Crippen LogP contribution is -2.34. The minimum Gasteiger partial charge on any atom is -0.359 e. The first-order valence-corrected chi connectivity index (χ1v) is 11.9. The summed E-state index contributed by atoms with van der Waals surface area (Å²) in [5.41, 5.74) is 0. The lowest BCUT2D eigenvalue weighted by Gasteiger charge is -2.26. The third-order valence-electron chi connectivity index (χ3n) is 6.08. The molecule has 0 aliphatic carbocycles. The van der Waals surface area contributed by atoms with Gasteiger partial charge in [0.15, 0.2) is 0 Å². The first kappa shape index (κ1) is 23.4. The van der Waals surface area contributed by atoms with Crippen LogP contribution in [0.3, 0.4) is 0 Å². The van der Waals surface area contributed by atoms with E-state index in [9.17, 15) is 0 Å². The molecule has 1 unspecified atom stereocenters. The van der Waals surface area contributed by atoms with Gasteiger partial charge in [-0.05, 0) is 13.3 Å². The highest BCUT2D eigenvalue weighted by Crippen LogP contribution is 2.16. The molecule has 1 aliphatic heterocycles. The van der Waals surface area contributed by atoms with Crippen molar-refractivity contribution in [1.29, 1.82) is 0 Å². The predicted octanol–water partition coefficient (Wildman–Crippen LogP) is 7.70. The highest BCUT2D eigenvalue weighted by Gasteiger charge is 2.17. The molecular weight excluding hydrogens is 316 g/mol. The Morgan fingerprint density at radius 2 is 0.962 bits per heavy atom. The standard InChI is InChI=1S/C24H48N2/c1-4-5-6-7-8-9-10-11-12-13-14-15-16-17-18-19-20-21-26-23-22-25(3)24(26)2/h22-24H,4-21H2,1-3H3. The maximum Gasteiger partial charge on any atom is 0.0974 e. The van der Waals surface area contributed by atoms with Gasteiger partial charge in [0.25, 0.3) is 0 Å². The van der Waals surface area contributed by atoms with Crippen LogP contribution in [-0.4, -0.2) is 29.6 Å². The third-order valence-corrected chi connectivity index (χ3v) is 6.08. The van der Waals surface area contributed by atoms with Crippen molar-refractivity contribution in [2.24, 2.45) is 0 Å². The number of nitrogens with zero attached hydrogens (tertiary/aromatic N) is 2. The van der Waals surface area contributed by atoms with Crippen LogP contribution in [0.4, 0.5) is 0 Å². The van der Waals surface area contributed by atoms with Gasteiger partial charge in [0.2, 0.25) is 0 Å². The van der Waals surface area contributed by atoms with Crippen LogP contribution in [-0.2, 0) is 0 Å². The molecule has 1 heterocycles. The Kier molecular flexibility index (Phi) is 14.8. The van der Waals surface area contributed by atoms with Gasteiger partial charge in [-0.3, -0.25) is 0 Å². The fraction of sp³-hybridized carbons (Fsp3) is 0.917. The SMILES string of the molecule is CCCCCCCCCCCCCCCCCCCN1C=CN(C)C1C. The molecule has 1 aliphatic rings. The summed E-state index contributed by atoms with van der Waals surface area (Å²) in [5.74, 6) is 0. The maximum absolute atomic E-state index is 2.46. The highest BCUT2D eigenvalue weighted by molar-refractivity contribution is 4.93. The van der Waals surface area contributed by atoms with E-state index in [-0.39, 0.29) is 0 Å². The van der Waals surface area contributed by atoms with Gasteiger partial charge in [-0.1, -0.05) is 110 Å². The Bertz CT molecular complexity index is 326. The van der Waals surface area contributed by atoms with E-state index in [0.29, 0.717) is 6.17 Å². The fourth-order valence-corrected chi connectivity index (χ4v) is 3.95. The van der Waals surface area contributed by atoms with Crippen molar-refractivity contribution in [3.63, 3.8) is 0 Å². The molecule has 0 aromatic carbocycles. The second-order valence-electron chi connectivity index (χ2n) is 8.49. The number of rotatable bonds is 18. The molecule has 0 saturated heterocycles. The lowest BCUT2D eigenvalue weighted by molar-refractivity contribution is 0.192. The van der Waals surface area contributed by atoms with Crippen LogP contribution >= 0.6 is 0 Å². The average molecular weight is 365 g/mol. The van der Waals surface area contributed by atoms with Crippen LogP contribution in [0.15, 0.2) is 12.4 Å². The highest BCUT2D eigenvalue weighted by atomic mass is 15.4. The zero-order valence-electron chi connectivity index (χ0n) is 18.4. The van der Waals surface area contributed by atoms with Crippen LogP contribution in [0.5, 0.6) is 0 Å². The second kappa shape index (κ2) is 16.5. The second-order valence-corrected chi connectivity index (χ2v) is 8.49. The summed E-state index contributed by atoms with van der Waals surface area (Å²) in [7, 11) is 2.16. The van der Waals surface area contributed by atoms with E-state index < -0.39 is 0 Å². The maximum atomic E-state index is 2.46. The minimum absolute atomic E-state index is 0.552. The van der Waals surface area contributed by atoms with Crippen molar-refractivity contribution in [2.75, 3.05) is 13.6 Å². The van der Waals surface area contributed by atoms with Crippen molar-refractivity contribution in [3.8, 4) is 0 Å². The Morgan fingerprint density at radius 3 is 1.31 bits per heavy atom. The monoisotopic (exact) mass is 364 g/mol. The molecule has 0 bridgehead atoms. The van der Waals surface area contributed by atoms with Crippen molar-refractivity contribution >= 4 is 0 Å². The molecule has 2 heteroatoms. The molecule has 0 N–H and O–H groups in total. The number of hydrogen-bond donors (Lipinski definition) is 0. The number of hydrogen-bond acceptors (Lipinski definition) is 2. The molecule has 1 atom stereocenters. The summed E-state index contributed by atoms with van der Waals surface area (Å²) in [5, 5.41) is 0. The van der Waals surface area contributed by atoms with Crippen molar-refractivity contribution < 1.29 is 0 Å². The van der Waals surface area contributed by atoms with Crippen molar-refractivity contribution in [1.82, 2.24) is 9.80 Å². The molecule has 0 aromatic rings. The summed E-state index contributed by atoms with van der Waals surface area (Å²) >= 11 is 0. The van der Waals surface area contributed by atoms with Crippen LogP contribution in [0.1, 0.15) is 123 Å². The normalized spacial score (nSPS) is 16.8. The molecule has 0 aromatic heterocycles. The molecule has 0 fully saturated rings. The summed E-state index contributed by atoms with van der Waals surface area (Å²) in [4.78, 5) is 4.75. The van der Waals surface area contributed by atoms with Crippen molar-refractivity contribution in [2.45, 2.75) is 129 Å². The van der Waals surface area contributed by atoms with Gasteiger partial charge in [-0.2, -0.15) is 0 Å². The number of unbranched alkanes of at least 4 members (excludes halogenated alkanes) is 16. The Morgan fingerprint density at radius 1 is 0.577 bits per heavy atom. The largest absolute Gasteiger partial charge is 0.359 e. The van der Waals surface area contributed by atoms with E-state index in [1.165, 1.54) is 116 Å². The molecule has 0 radical (unpaired) electrons. The molecular formula is C24H48N2. The summed E-state index contributed by atoms with van der Waals surface area (Å²) in [6, 6.07) is 0. The van der Waals surface area contributed by atoms with Gasteiger partial charge in [-0.15, -0.1) is 0 Å². The molecule has 0 saturated carbocycles. The molecule has 2 nitrogen and oxygen atoms in total. The van der Waals surface area contributed by atoms with Gasteiger partial charge in [0.05, 0.1) is 6.17 Å². The van der Waals surface area contributed by atoms with E-state index in [2.05, 4.69) is 43.1 Å². The van der Waals surface area contributed by atoms with Gasteiger partial charge in [-0.25, -0.2) is 0 Å². The summed E-state index contributed by atoms with van der Waals surface area (Å²) in [6.07, 6.45) is 29.6. The molecule has 0 amide bonds. The van der Waals surface area contributed by atoms with E-state index in [1.807, 2.05) is 0 Å². The van der Waals surface area contributed by atoms with Gasteiger partial charge in [0.1, 0.15) is 0 Å². The zero-order chi connectivity index (χ0) is 18.9. The molecule has 26 heavy (non-hydrogen) atoms. The van der Waals surface area contributed by atoms with Crippen molar-refractivity contribution in [3.05, 3.63) is 12.4 Å².